The number of hydrogen-bond acceptors (Lipinski definition) is 6. The minimum atomic E-state index is -0.425. The first-order chi connectivity index (χ1) is 11.6. The van der Waals surface area contributed by atoms with Crippen LogP contribution in [0.15, 0.2) is 29.4 Å². The summed E-state index contributed by atoms with van der Waals surface area (Å²) in [6.07, 6.45) is 0. The predicted octanol–water partition coefficient (Wildman–Crippen LogP) is 1.14. The van der Waals surface area contributed by atoms with Crippen LogP contribution in [0.4, 0.5) is 4.39 Å². The Morgan fingerprint density at radius 3 is 2.75 bits per heavy atom. The lowest BCUT2D eigenvalue weighted by Gasteiger charge is -2.28. The summed E-state index contributed by atoms with van der Waals surface area (Å²) in [6.45, 7) is 4.06. The molecule has 0 aliphatic carbocycles. The lowest BCUT2D eigenvalue weighted by molar-refractivity contribution is -0.134. The van der Waals surface area contributed by atoms with E-state index >= 15 is 0 Å². The predicted molar refractivity (Wildman–Crippen MR) is 88.3 cm³/mol. The average molecular weight is 351 g/mol. The van der Waals surface area contributed by atoms with Crippen LogP contribution in [0.25, 0.3) is 11.4 Å². The summed E-state index contributed by atoms with van der Waals surface area (Å²) in [5.41, 5.74) is 0.270. The molecule has 0 radical (unpaired) electrons. The zero-order valence-corrected chi connectivity index (χ0v) is 14.0. The fourth-order valence-corrected chi connectivity index (χ4v) is 3.29. The topological polar surface area (TPSA) is 86.3 Å². The van der Waals surface area contributed by atoms with Gasteiger partial charge in [0.15, 0.2) is 5.82 Å². The normalized spacial score (nSPS) is 16.2. The van der Waals surface area contributed by atoms with Gasteiger partial charge >= 0.3 is 0 Å². The molecular formula is C15H18FN5O2S. The van der Waals surface area contributed by atoms with Crippen molar-refractivity contribution in [3.05, 3.63) is 30.1 Å². The van der Waals surface area contributed by atoms with E-state index in [1.165, 1.54) is 22.5 Å². The van der Waals surface area contributed by atoms with Crippen molar-refractivity contribution < 1.29 is 13.9 Å². The molecular weight excluding hydrogens is 333 g/mol. The standard InChI is InChI=1S/C15H18FN5O2S/c1-10(14(22)20-6-8-23-9-7-20)24-15-19-18-13(21(15)17)11-4-2-3-5-12(11)16/h2-5,10H,6-9,17H2,1H3/t10-/m1/s1. The van der Waals surface area contributed by atoms with Crippen molar-refractivity contribution >= 4 is 17.7 Å². The molecule has 7 nitrogen and oxygen atoms in total. The Hall–Kier alpha value is -2.13. The summed E-state index contributed by atoms with van der Waals surface area (Å²) in [6, 6.07) is 6.21. The maximum absolute atomic E-state index is 13.9. The van der Waals surface area contributed by atoms with Crippen molar-refractivity contribution in [3.63, 3.8) is 0 Å². The van der Waals surface area contributed by atoms with Gasteiger partial charge in [0.1, 0.15) is 5.82 Å². The van der Waals surface area contributed by atoms with E-state index in [1.54, 1.807) is 30.0 Å². The molecule has 0 spiro atoms. The Labute approximate surface area is 142 Å². The number of nitrogens with two attached hydrogens (primary N) is 1. The number of morpholine rings is 1. The highest BCUT2D eigenvalue weighted by molar-refractivity contribution is 8.00. The second-order valence-electron chi connectivity index (χ2n) is 5.35. The number of nitrogens with zero attached hydrogens (tertiary/aromatic N) is 4. The quantitative estimate of drug-likeness (QED) is 0.657. The van der Waals surface area contributed by atoms with Crippen molar-refractivity contribution in [1.29, 1.82) is 0 Å². The molecule has 1 atom stereocenters. The number of ether oxygens (including phenoxy) is 1. The van der Waals surface area contributed by atoms with Crippen LogP contribution in [-0.2, 0) is 9.53 Å². The Morgan fingerprint density at radius 2 is 2.04 bits per heavy atom. The van der Waals surface area contributed by atoms with Crippen molar-refractivity contribution in [2.45, 2.75) is 17.3 Å². The molecule has 128 valence electrons. The van der Waals surface area contributed by atoms with E-state index in [0.717, 1.165) is 0 Å². The SMILES string of the molecule is C[C@@H](Sc1nnc(-c2ccccc2F)n1N)C(=O)N1CCOCC1. The summed E-state index contributed by atoms with van der Waals surface area (Å²) in [7, 11) is 0. The number of benzene rings is 1. The van der Waals surface area contributed by atoms with Gasteiger partial charge in [0, 0.05) is 13.1 Å². The first-order valence-electron chi connectivity index (χ1n) is 7.56. The number of halogens is 1. The van der Waals surface area contributed by atoms with Crippen molar-refractivity contribution in [3.8, 4) is 11.4 Å². The minimum Gasteiger partial charge on any atom is -0.378 e. The van der Waals surface area contributed by atoms with Gasteiger partial charge in [0.2, 0.25) is 11.1 Å². The van der Waals surface area contributed by atoms with Crippen LogP contribution >= 0.6 is 11.8 Å². The molecule has 9 heteroatoms. The van der Waals surface area contributed by atoms with Gasteiger partial charge in [0.05, 0.1) is 24.0 Å². The molecule has 2 N–H and O–H groups in total. The molecule has 1 fully saturated rings. The first kappa shape index (κ1) is 16.7. The van der Waals surface area contributed by atoms with Crippen molar-refractivity contribution in [1.82, 2.24) is 19.8 Å². The van der Waals surface area contributed by atoms with Crippen LogP contribution in [0, 0.1) is 5.82 Å². The number of carbonyl (C=O) groups is 1. The second kappa shape index (κ2) is 7.18. The molecule has 0 saturated carbocycles. The van der Waals surface area contributed by atoms with E-state index in [0.29, 0.717) is 31.5 Å². The van der Waals surface area contributed by atoms with E-state index in [1.807, 2.05) is 0 Å². The van der Waals surface area contributed by atoms with Gasteiger partial charge in [-0.1, -0.05) is 23.9 Å². The smallest absolute Gasteiger partial charge is 0.236 e. The highest BCUT2D eigenvalue weighted by Crippen LogP contribution is 2.26. The van der Waals surface area contributed by atoms with E-state index in [4.69, 9.17) is 10.6 Å². The van der Waals surface area contributed by atoms with Crippen LogP contribution < -0.4 is 5.84 Å². The third-order valence-electron chi connectivity index (χ3n) is 3.73. The molecule has 2 heterocycles. The summed E-state index contributed by atoms with van der Waals surface area (Å²) >= 11 is 1.20. The van der Waals surface area contributed by atoms with Crippen LogP contribution in [0.3, 0.4) is 0 Å². The molecule has 1 aromatic heterocycles. The van der Waals surface area contributed by atoms with Gasteiger partial charge in [0.25, 0.3) is 0 Å². The summed E-state index contributed by atoms with van der Waals surface area (Å²) in [5.74, 6) is 5.79. The first-order valence-corrected chi connectivity index (χ1v) is 8.44. The number of hydrogen-bond donors (Lipinski definition) is 1. The van der Waals surface area contributed by atoms with E-state index in [-0.39, 0.29) is 22.5 Å². The molecule has 0 unspecified atom stereocenters. The van der Waals surface area contributed by atoms with Crippen LogP contribution in [-0.4, -0.2) is 57.2 Å². The molecule has 24 heavy (non-hydrogen) atoms. The average Bonchev–Trinajstić information content (AvgIpc) is 2.96. The molecule has 1 amide bonds. The van der Waals surface area contributed by atoms with Crippen LogP contribution in [0.1, 0.15) is 6.92 Å². The molecule has 0 bridgehead atoms. The molecule has 1 aromatic carbocycles. The van der Waals surface area contributed by atoms with Crippen molar-refractivity contribution in [2.75, 3.05) is 32.1 Å². The Kier molecular flexibility index (Phi) is 5.00. The molecule has 2 aromatic rings. The maximum atomic E-state index is 13.9. The molecule has 1 aliphatic heterocycles. The minimum absolute atomic E-state index is 0.00117. The highest BCUT2D eigenvalue weighted by Gasteiger charge is 2.25. The number of aromatic nitrogens is 3. The van der Waals surface area contributed by atoms with Gasteiger partial charge in [-0.15, -0.1) is 10.2 Å². The molecule has 3 rings (SSSR count). The van der Waals surface area contributed by atoms with Gasteiger partial charge in [-0.25, -0.2) is 9.07 Å². The third kappa shape index (κ3) is 3.36. The fourth-order valence-electron chi connectivity index (χ4n) is 2.43. The number of nitrogen functional groups attached to an aromatic ring is 1. The number of amides is 1. The number of thioether (sulfide) groups is 1. The van der Waals surface area contributed by atoms with Crippen LogP contribution in [0.2, 0.25) is 0 Å². The Balaban J connectivity index is 1.74. The number of carbonyl (C=O) groups excluding carboxylic acids is 1. The largest absolute Gasteiger partial charge is 0.378 e. The summed E-state index contributed by atoms with van der Waals surface area (Å²) in [4.78, 5) is 14.2. The lowest BCUT2D eigenvalue weighted by atomic mass is 10.2. The second-order valence-corrected chi connectivity index (χ2v) is 6.66. The maximum Gasteiger partial charge on any atom is 0.236 e. The summed E-state index contributed by atoms with van der Waals surface area (Å²) < 4.78 is 20.3. The zero-order chi connectivity index (χ0) is 17.1. The number of rotatable bonds is 4. The highest BCUT2D eigenvalue weighted by atomic mass is 32.2. The van der Waals surface area contributed by atoms with Gasteiger partial charge in [-0.2, -0.15) is 0 Å². The monoisotopic (exact) mass is 351 g/mol. The van der Waals surface area contributed by atoms with E-state index in [2.05, 4.69) is 10.2 Å². The van der Waals surface area contributed by atoms with E-state index in [9.17, 15) is 9.18 Å². The Morgan fingerprint density at radius 1 is 1.33 bits per heavy atom. The third-order valence-corrected chi connectivity index (χ3v) is 4.78. The van der Waals surface area contributed by atoms with Gasteiger partial charge in [-0.05, 0) is 19.1 Å². The van der Waals surface area contributed by atoms with E-state index < -0.39 is 5.82 Å². The van der Waals surface area contributed by atoms with Crippen molar-refractivity contribution in [2.24, 2.45) is 0 Å². The van der Waals surface area contributed by atoms with Gasteiger partial charge < -0.3 is 15.5 Å². The zero-order valence-electron chi connectivity index (χ0n) is 13.2. The van der Waals surface area contributed by atoms with Crippen LogP contribution in [0.5, 0.6) is 0 Å². The molecule has 1 aliphatic rings. The summed E-state index contributed by atoms with van der Waals surface area (Å²) in [5, 5.41) is 7.93. The fraction of sp³-hybridized carbons (Fsp3) is 0.400. The molecule has 1 saturated heterocycles. The Bertz CT molecular complexity index is 732. The lowest BCUT2D eigenvalue weighted by Crippen LogP contribution is -2.44. The van der Waals surface area contributed by atoms with Gasteiger partial charge in [-0.3, -0.25) is 4.79 Å².